The van der Waals surface area contributed by atoms with Crippen LogP contribution in [-0.4, -0.2) is 64.0 Å². The summed E-state index contributed by atoms with van der Waals surface area (Å²) in [6.45, 7) is 6.02. The number of morpholine rings is 1. The number of urea groups is 1. The van der Waals surface area contributed by atoms with Gasteiger partial charge in [-0.3, -0.25) is 4.90 Å². The Bertz CT molecular complexity index is 794. The fourth-order valence-corrected chi connectivity index (χ4v) is 3.33. The molecule has 0 radical (unpaired) electrons. The molecule has 162 valence electrons. The predicted molar refractivity (Wildman–Crippen MR) is 116 cm³/mol. The van der Waals surface area contributed by atoms with Crippen LogP contribution in [0.1, 0.15) is 11.1 Å². The van der Waals surface area contributed by atoms with Gasteiger partial charge in [0.1, 0.15) is 18.1 Å². The van der Waals surface area contributed by atoms with E-state index >= 15 is 0 Å². The fourth-order valence-electron chi connectivity index (χ4n) is 3.33. The predicted octanol–water partition coefficient (Wildman–Crippen LogP) is 2.45. The van der Waals surface area contributed by atoms with Crippen LogP contribution in [0.15, 0.2) is 48.5 Å². The van der Waals surface area contributed by atoms with E-state index in [1.165, 1.54) is 0 Å². The molecule has 1 heterocycles. The molecule has 2 amide bonds. The van der Waals surface area contributed by atoms with Crippen molar-refractivity contribution in [1.82, 2.24) is 15.5 Å². The van der Waals surface area contributed by atoms with Gasteiger partial charge in [-0.25, -0.2) is 4.79 Å². The normalized spacial score (nSPS) is 14.2. The van der Waals surface area contributed by atoms with Crippen molar-refractivity contribution in [1.29, 1.82) is 0 Å². The van der Waals surface area contributed by atoms with E-state index in [1.54, 1.807) is 7.11 Å². The Hall–Kier alpha value is -2.77. The summed E-state index contributed by atoms with van der Waals surface area (Å²) in [4.78, 5) is 14.4. The van der Waals surface area contributed by atoms with Gasteiger partial charge >= 0.3 is 6.03 Å². The topological polar surface area (TPSA) is 72.1 Å². The van der Waals surface area contributed by atoms with E-state index in [2.05, 4.69) is 15.5 Å². The van der Waals surface area contributed by atoms with Gasteiger partial charge in [-0.1, -0.05) is 30.3 Å². The number of methoxy groups -OCH3 is 1. The number of para-hydroxylation sites is 1. The van der Waals surface area contributed by atoms with E-state index in [1.807, 2.05) is 48.5 Å². The standard InChI is InChI=1S/C23H31N3O4/c1-28-22-8-3-2-6-20(22)9-10-24-23(27)25-18-19-5-4-7-21(17-19)30-16-13-26-11-14-29-15-12-26/h2-8,17H,9-16,18H2,1H3,(H2,24,25,27). The maximum Gasteiger partial charge on any atom is 0.315 e. The fraction of sp³-hybridized carbons (Fsp3) is 0.435. The summed E-state index contributed by atoms with van der Waals surface area (Å²) in [5, 5.41) is 5.78. The van der Waals surface area contributed by atoms with Crippen molar-refractivity contribution < 1.29 is 19.0 Å². The molecule has 0 aliphatic carbocycles. The number of amides is 2. The molecular formula is C23H31N3O4. The molecular weight excluding hydrogens is 382 g/mol. The Labute approximate surface area is 178 Å². The first kappa shape index (κ1) is 21.9. The highest BCUT2D eigenvalue weighted by molar-refractivity contribution is 5.73. The van der Waals surface area contributed by atoms with Gasteiger partial charge in [0, 0.05) is 32.7 Å². The van der Waals surface area contributed by atoms with E-state index in [9.17, 15) is 4.79 Å². The highest BCUT2D eigenvalue weighted by atomic mass is 16.5. The summed E-state index contributed by atoms with van der Waals surface area (Å²) in [7, 11) is 1.65. The Morgan fingerprint density at radius 2 is 1.93 bits per heavy atom. The van der Waals surface area contributed by atoms with Crippen LogP contribution in [0.3, 0.4) is 0 Å². The first-order chi connectivity index (χ1) is 14.7. The van der Waals surface area contributed by atoms with Crippen molar-refractivity contribution in [3.63, 3.8) is 0 Å². The summed E-state index contributed by atoms with van der Waals surface area (Å²) in [5.74, 6) is 1.66. The van der Waals surface area contributed by atoms with Crippen molar-refractivity contribution in [3.8, 4) is 11.5 Å². The van der Waals surface area contributed by atoms with Crippen LogP contribution < -0.4 is 20.1 Å². The maximum atomic E-state index is 12.1. The minimum absolute atomic E-state index is 0.191. The zero-order valence-corrected chi connectivity index (χ0v) is 17.6. The summed E-state index contributed by atoms with van der Waals surface area (Å²) in [5.41, 5.74) is 2.07. The highest BCUT2D eigenvalue weighted by Gasteiger charge is 2.10. The first-order valence-corrected chi connectivity index (χ1v) is 10.4. The van der Waals surface area contributed by atoms with Gasteiger partial charge in [0.15, 0.2) is 0 Å². The van der Waals surface area contributed by atoms with E-state index in [0.29, 0.717) is 26.1 Å². The van der Waals surface area contributed by atoms with Gasteiger partial charge in [-0.15, -0.1) is 0 Å². The second-order valence-corrected chi connectivity index (χ2v) is 7.12. The molecule has 1 aliphatic heterocycles. The molecule has 0 bridgehead atoms. The van der Waals surface area contributed by atoms with Crippen molar-refractivity contribution in [2.75, 3.05) is 53.1 Å². The highest BCUT2D eigenvalue weighted by Crippen LogP contribution is 2.17. The number of ether oxygens (including phenoxy) is 3. The zero-order chi connectivity index (χ0) is 21.0. The lowest BCUT2D eigenvalue weighted by Gasteiger charge is -2.26. The molecule has 3 rings (SSSR count). The number of rotatable bonds is 10. The van der Waals surface area contributed by atoms with Crippen LogP contribution in [0, 0.1) is 0 Å². The summed E-state index contributed by atoms with van der Waals surface area (Å²) >= 11 is 0. The minimum Gasteiger partial charge on any atom is -0.496 e. The summed E-state index contributed by atoms with van der Waals surface area (Å²) in [6, 6.07) is 15.5. The van der Waals surface area contributed by atoms with Crippen molar-refractivity contribution in [2.24, 2.45) is 0 Å². The molecule has 2 aromatic rings. The van der Waals surface area contributed by atoms with Crippen molar-refractivity contribution in [3.05, 3.63) is 59.7 Å². The van der Waals surface area contributed by atoms with E-state index in [4.69, 9.17) is 14.2 Å². The second-order valence-electron chi connectivity index (χ2n) is 7.12. The average Bonchev–Trinajstić information content (AvgIpc) is 2.79. The van der Waals surface area contributed by atoms with Crippen LogP contribution >= 0.6 is 0 Å². The number of carbonyl (C=O) groups is 1. The third kappa shape index (κ3) is 7.24. The van der Waals surface area contributed by atoms with E-state index in [0.717, 1.165) is 55.5 Å². The third-order valence-electron chi connectivity index (χ3n) is 5.00. The van der Waals surface area contributed by atoms with Gasteiger partial charge in [0.2, 0.25) is 0 Å². The van der Waals surface area contributed by atoms with Crippen LogP contribution in [-0.2, 0) is 17.7 Å². The van der Waals surface area contributed by atoms with Gasteiger partial charge in [0.05, 0.1) is 20.3 Å². The molecule has 0 saturated carbocycles. The molecule has 7 heteroatoms. The van der Waals surface area contributed by atoms with Gasteiger partial charge in [0.25, 0.3) is 0 Å². The average molecular weight is 414 g/mol. The van der Waals surface area contributed by atoms with Crippen LogP contribution in [0.2, 0.25) is 0 Å². The Kier molecular flexibility index (Phi) is 8.80. The Balaban J connectivity index is 1.35. The van der Waals surface area contributed by atoms with Crippen LogP contribution in [0.4, 0.5) is 4.79 Å². The van der Waals surface area contributed by atoms with Crippen LogP contribution in [0.25, 0.3) is 0 Å². The third-order valence-corrected chi connectivity index (χ3v) is 5.00. The molecule has 7 nitrogen and oxygen atoms in total. The molecule has 30 heavy (non-hydrogen) atoms. The smallest absolute Gasteiger partial charge is 0.315 e. The van der Waals surface area contributed by atoms with E-state index < -0.39 is 0 Å². The monoisotopic (exact) mass is 413 g/mol. The summed E-state index contributed by atoms with van der Waals surface area (Å²) < 4.78 is 16.6. The number of nitrogens with zero attached hydrogens (tertiary/aromatic N) is 1. The van der Waals surface area contributed by atoms with Crippen molar-refractivity contribution in [2.45, 2.75) is 13.0 Å². The Morgan fingerprint density at radius 3 is 2.77 bits per heavy atom. The summed E-state index contributed by atoms with van der Waals surface area (Å²) in [6.07, 6.45) is 0.712. The lowest BCUT2D eigenvalue weighted by molar-refractivity contribution is 0.0322. The number of carbonyl (C=O) groups excluding carboxylic acids is 1. The molecule has 2 aromatic carbocycles. The molecule has 0 spiro atoms. The second kappa shape index (κ2) is 12.0. The van der Waals surface area contributed by atoms with Crippen molar-refractivity contribution >= 4 is 6.03 Å². The quantitative estimate of drug-likeness (QED) is 0.626. The van der Waals surface area contributed by atoms with Gasteiger partial charge < -0.3 is 24.8 Å². The lowest BCUT2D eigenvalue weighted by Crippen LogP contribution is -2.38. The number of hydrogen-bond donors (Lipinski definition) is 2. The molecule has 1 aliphatic rings. The van der Waals surface area contributed by atoms with Crippen LogP contribution in [0.5, 0.6) is 11.5 Å². The molecule has 1 fully saturated rings. The largest absolute Gasteiger partial charge is 0.496 e. The van der Waals surface area contributed by atoms with Gasteiger partial charge in [-0.05, 0) is 35.7 Å². The SMILES string of the molecule is COc1ccccc1CCNC(=O)NCc1cccc(OCCN2CCOCC2)c1. The molecule has 0 unspecified atom stereocenters. The molecule has 0 aromatic heterocycles. The number of benzene rings is 2. The number of nitrogens with one attached hydrogen (secondary N) is 2. The van der Waals surface area contributed by atoms with E-state index in [-0.39, 0.29) is 6.03 Å². The van der Waals surface area contributed by atoms with Gasteiger partial charge in [-0.2, -0.15) is 0 Å². The first-order valence-electron chi connectivity index (χ1n) is 10.4. The molecule has 0 atom stereocenters. The zero-order valence-electron chi connectivity index (χ0n) is 17.6. The number of hydrogen-bond acceptors (Lipinski definition) is 5. The Morgan fingerprint density at radius 1 is 1.10 bits per heavy atom. The molecule has 1 saturated heterocycles. The molecule has 2 N–H and O–H groups in total. The minimum atomic E-state index is -0.191. The maximum absolute atomic E-state index is 12.1. The lowest BCUT2D eigenvalue weighted by atomic mass is 10.1.